The van der Waals surface area contributed by atoms with Gasteiger partial charge >= 0.3 is 12.1 Å². The first-order valence-electron chi connectivity index (χ1n) is 18.3. The molecule has 0 aromatic heterocycles. The number of carbonyl (C=O) groups excluding carboxylic acids is 2. The Hall–Kier alpha value is -1.33. The lowest BCUT2D eigenvalue weighted by molar-refractivity contribution is -0.144. The minimum atomic E-state index is -0.849. The van der Waals surface area contributed by atoms with E-state index < -0.39 is 6.17 Å². The Morgan fingerprint density at radius 2 is 0.976 bits per heavy atom. The van der Waals surface area contributed by atoms with Crippen LogP contribution in [0.25, 0.3) is 0 Å². The molecule has 1 N–H and O–H groups in total. The largest absolute Gasteiger partial charge is 0.466 e. The Labute approximate surface area is 260 Å². The minimum absolute atomic E-state index is 0.193. The van der Waals surface area contributed by atoms with Crippen molar-refractivity contribution in [2.24, 2.45) is 0 Å². The first-order valence-corrected chi connectivity index (χ1v) is 18.3. The van der Waals surface area contributed by atoms with Gasteiger partial charge in [0.05, 0.1) is 13.2 Å². The molecule has 1 amide bonds. The number of esters is 1. The maximum Gasteiger partial charge on any atom is 0.407 e. The van der Waals surface area contributed by atoms with E-state index in [-0.39, 0.29) is 18.7 Å². The molecule has 0 spiro atoms. The van der Waals surface area contributed by atoms with Crippen LogP contribution in [-0.4, -0.2) is 38.0 Å². The number of rotatable bonds is 33. The fourth-order valence-corrected chi connectivity index (χ4v) is 5.29. The molecular weight excluding hydrogens is 529 g/mol. The van der Waals surface area contributed by atoms with E-state index in [2.05, 4.69) is 19.2 Å². The Morgan fingerprint density at radius 3 is 1.52 bits per heavy atom. The number of alkyl halides is 1. The highest BCUT2D eigenvalue weighted by molar-refractivity contribution is 5.69. The third kappa shape index (κ3) is 33.2. The Balaban J connectivity index is 3.26. The van der Waals surface area contributed by atoms with Crippen molar-refractivity contribution < 1.29 is 23.5 Å². The normalized spacial score (nSPS) is 11.9. The summed E-state index contributed by atoms with van der Waals surface area (Å²) in [6, 6.07) is 0. The number of amides is 1. The molecule has 0 rings (SSSR count). The molecule has 0 aliphatic carbocycles. The van der Waals surface area contributed by atoms with Gasteiger partial charge in [0.1, 0.15) is 6.17 Å². The van der Waals surface area contributed by atoms with Gasteiger partial charge in [0.15, 0.2) is 0 Å². The van der Waals surface area contributed by atoms with Gasteiger partial charge in [-0.3, -0.25) is 4.79 Å². The molecule has 0 saturated heterocycles. The highest BCUT2D eigenvalue weighted by Crippen LogP contribution is 2.14. The van der Waals surface area contributed by atoms with Crippen molar-refractivity contribution in [1.29, 1.82) is 0 Å². The van der Waals surface area contributed by atoms with Gasteiger partial charge in [-0.1, -0.05) is 155 Å². The van der Waals surface area contributed by atoms with Gasteiger partial charge < -0.3 is 14.8 Å². The smallest absolute Gasteiger partial charge is 0.407 e. The van der Waals surface area contributed by atoms with Crippen molar-refractivity contribution in [3.8, 4) is 0 Å². The minimum Gasteiger partial charge on any atom is -0.466 e. The van der Waals surface area contributed by atoms with Gasteiger partial charge in [-0.15, -0.1) is 0 Å². The monoisotopic (exact) mass is 600 g/mol. The maximum atomic E-state index is 13.7. The summed E-state index contributed by atoms with van der Waals surface area (Å²) < 4.78 is 24.1. The molecule has 0 fully saturated rings. The Bertz CT molecular complexity index is 575. The van der Waals surface area contributed by atoms with E-state index >= 15 is 0 Å². The third-order valence-electron chi connectivity index (χ3n) is 8.12. The third-order valence-corrected chi connectivity index (χ3v) is 8.12. The molecule has 0 aromatic carbocycles. The van der Waals surface area contributed by atoms with Gasteiger partial charge in [-0.2, -0.15) is 0 Å². The molecule has 250 valence electrons. The molecule has 0 radical (unpaired) electrons. The molecule has 0 aliphatic rings. The first kappa shape index (κ1) is 40.7. The highest BCUT2D eigenvalue weighted by atomic mass is 19.1. The zero-order valence-electron chi connectivity index (χ0n) is 28.0. The molecule has 1 unspecified atom stereocenters. The first-order chi connectivity index (χ1) is 20.6. The number of alkyl carbamates (subject to hydrolysis) is 1. The summed E-state index contributed by atoms with van der Waals surface area (Å²) in [4.78, 5) is 23.6. The van der Waals surface area contributed by atoms with Crippen molar-refractivity contribution in [3.05, 3.63) is 0 Å². The van der Waals surface area contributed by atoms with Crippen LogP contribution in [0.2, 0.25) is 0 Å². The molecule has 1 atom stereocenters. The number of carbonyl (C=O) groups is 2. The number of nitrogens with one attached hydrogen (secondary N) is 1. The Morgan fingerprint density at radius 1 is 0.524 bits per heavy atom. The lowest BCUT2D eigenvalue weighted by Gasteiger charge is -2.09. The fourth-order valence-electron chi connectivity index (χ4n) is 5.29. The van der Waals surface area contributed by atoms with Gasteiger partial charge in [0, 0.05) is 19.4 Å². The fraction of sp³-hybridized carbons (Fsp3) is 0.944. The molecule has 0 aromatic rings. The van der Waals surface area contributed by atoms with Crippen LogP contribution in [0.3, 0.4) is 0 Å². The zero-order valence-corrected chi connectivity index (χ0v) is 28.0. The van der Waals surface area contributed by atoms with Crippen LogP contribution in [-0.2, 0) is 14.3 Å². The lowest BCUT2D eigenvalue weighted by atomic mass is 10.0. The van der Waals surface area contributed by atoms with Crippen LogP contribution in [0.5, 0.6) is 0 Å². The van der Waals surface area contributed by atoms with E-state index in [9.17, 15) is 14.0 Å². The van der Waals surface area contributed by atoms with Gasteiger partial charge in [0.2, 0.25) is 0 Å². The van der Waals surface area contributed by atoms with Crippen LogP contribution in [0, 0.1) is 0 Å². The molecule has 42 heavy (non-hydrogen) atoms. The van der Waals surface area contributed by atoms with Crippen molar-refractivity contribution in [1.82, 2.24) is 5.32 Å². The van der Waals surface area contributed by atoms with Crippen molar-refractivity contribution in [3.63, 3.8) is 0 Å². The SMILES string of the molecule is CCCCCCCCCCCCCCCCOC(=O)NCCCCCCCCCCC(=O)OCCC(F)CCCCC. The molecule has 0 aliphatic heterocycles. The zero-order chi connectivity index (χ0) is 30.8. The number of halogens is 1. The van der Waals surface area contributed by atoms with Crippen LogP contribution in [0.4, 0.5) is 9.18 Å². The summed E-state index contributed by atoms with van der Waals surface area (Å²) in [7, 11) is 0. The summed E-state index contributed by atoms with van der Waals surface area (Å²) in [6.07, 6.45) is 30.5. The predicted molar refractivity (Wildman–Crippen MR) is 176 cm³/mol. The van der Waals surface area contributed by atoms with Crippen LogP contribution >= 0.6 is 0 Å². The van der Waals surface area contributed by atoms with Crippen LogP contribution in [0.1, 0.15) is 194 Å². The summed E-state index contributed by atoms with van der Waals surface area (Å²) in [6.45, 7) is 5.80. The van der Waals surface area contributed by atoms with E-state index in [1.54, 1.807) is 0 Å². The number of hydrogen-bond acceptors (Lipinski definition) is 4. The standard InChI is InChI=1S/C36H70FNO4/c1-3-5-7-8-9-10-11-12-13-14-17-20-23-27-32-42-36(40)38-31-26-22-19-16-15-18-21-25-29-35(39)41-33-30-34(37)28-24-6-4-2/h34H,3-33H2,1-2H3,(H,38,40). The van der Waals surface area contributed by atoms with E-state index in [1.807, 2.05) is 0 Å². The van der Waals surface area contributed by atoms with E-state index in [4.69, 9.17) is 9.47 Å². The second-order valence-electron chi connectivity index (χ2n) is 12.3. The average Bonchev–Trinajstić information content (AvgIpc) is 2.98. The topological polar surface area (TPSA) is 64.6 Å². The molecule has 0 bridgehead atoms. The van der Waals surface area contributed by atoms with Crippen molar-refractivity contribution in [2.45, 2.75) is 200 Å². The summed E-state index contributed by atoms with van der Waals surface area (Å²) >= 11 is 0. The molecular formula is C36H70FNO4. The Kier molecular flexibility index (Phi) is 33.1. The van der Waals surface area contributed by atoms with Crippen LogP contribution < -0.4 is 5.32 Å². The van der Waals surface area contributed by atoms with Gasteiger partial charge in [0.25, 0.3) is 0 Å². The second-order valence-corrected chi connectivity index (χ2v) is 12.3. The van der Waals surface area contributed by atoms with E-state index in [0.29, 0.717) is 32.4 Å². The summed E-state index contributed by atoms with van der Waals surface area (Å²) in [5, 5.41) is 2.87. The number of ether oxygens (including phenoxy) is 2. The van der Waals surface area contributed by atoms with Crippen molar-refractivity contribution >= 4 is 12.1 Å². The molecule has 6 heteroatoms. The molecule has 5 nitrogen and oxygen atoms in total. The van der Waals surface area contributed by atoms with E-state index in [0.717, 1.165) is 64.2 Å². The van der Waals surface area contributed by atoms with Gasteiger partial charge in [-0.05, 0) is 25.7 Å². The van der Waals surface area contributed by atoms with Gasteiger partial charge in [-0.25, -0.2) is 9.18 Å². The number of hydrogen-bond donors (Lipinski definition) is 1. The summed E-state index contributed by atoms with van der Waals surface area (Å²) in [5.74, 6) is -0.193. The molecule has 0 heterocycles. The second kappa shape index (κ2) is 34.2. The predicted octanol–water partition coefficient (Wildman–Crippen LogP) is 11.6. The average molecular weight is 600 g/mol. The maximum absolute atomic E-state index is 13.7. The highest BCUT2D eigenvalue weighted by Gasteiger charge is 2.08. The quantitative estimate of drug-likeness (QED) is 0.0602. The van der Waals surface area contributed by atoms with E-state index in [1.165, 1.54) is 96.3 Å². The van der Waals surface area contributed by atoms with Crippen molar-refractivity contribution in [2.75, 3.05) is 19.8 Å². The summed E-state index contributed by atoms with van der Waals surface area (Å²) in [5.41, 5.74) is 0. The van der Waals surface area contributed by atoms with Crippen LogP contribution in [0.15, 0.2) is 0 Å². The lowest BCUT2D eigenvalue weighted by Crippen LogP contribution is -2.25. The number of unbranched alkanes of at least 4 members (excludes halogenated alkanes) is 22. The molecule has 0 saturated carbocycles.